The number of benzene rings is 1. The fourth-order valence-electron chi connectivity index (χ4n) is 3.20. The minimum Gasteiger partial charge on any atom is -0.497 e. The van der Waals surface area contributed by atoms with E-state index in [2.05, 4.69) is 5.43 Å². The Morgan fingerprint density at radius 1 is 1.24 bits per heavy atom. The van der Waals surface area contributed by atoms with E-state index in [0.717, 1.165) is 16.3 Å². The molecule has 4 nitrogen and oxygen atoms in total. The van der Waals surface area contributed by atoms with E-state index < -0.39 is 17.8 Å². The average Bonchev–Trinajstić information content (AvgIpc) is 2.78. The van der Waals surface area contributed by atoms with Crippen LogP contribution in [-0.4, -0.2) is 35.8 Å². The van der Waals surface area contributed by atoms with Crippen molar-refractivity contribution >= 4 is 5.91 Å². The van der Waals surface area contributed by atoms with Gasteiger partial charge in [0.2, 0.25) is 5.91 Å². The van der Waals surface area contributed by atoms with Crippen LogP contribution < -0.4 is 10.2 Å². The predicted molar refractivity (Wildman–Crippen MR) is 89.1 cm³/mol. The van der Waals surface area contributed by atoms with E-state index in [1.165, 1.54) is 0 Å². The first-order valence-corrected chi connectivity index (χ1v) is 8.42. The van der Waals surface area contributed by atoms with Crippen LogP contribution in [0, 0.1) is 0 Å². The second-order valence-corrected chi connectivity index (χ2v) is 7.05. The van der Waals surface area contributed by atoms with Crippen LogP contribution >= 0.6 is 0 Å². The van der Waals surface area contributed by atoms with Gasteiger partial charge in [0.1, 0.15) is 11.8 Å². The normalized spacial score (nSPS) is 18.9. The Labute approximate surface area is 146 Å². The van der Waals surface area contributed by atoms with Gasteiger partial charge in [-0.05, 0) is 50.8 Å². The van der Waals surface area contributed by atoms with E-state index >= 15 is 0 Å². The van der Waals surface area contributed by atoms with Crippen LogP contribution in [0.4, 0.5) is 13.2 Å². The number of halogens is 3. The molecule has 0 radical (unpaired) electrons. The molecule has 140 valence electrons. The first-order valence-electron chi connectivity index (χ1n) is 8.42. The second kappa shape index (κ2) is 7.64. The molecular weight excluding hydrogens is 333 g/mol. The zero-order valence-electron chi connectivity index (χ0n) is 14.8. The molecule has 0 spiro atoms. The first kappa shape index (κ1) is 19.6. The van der Waals surface area contributed by atoms with E-state index in [0.29, 0.717) is 19.3 Å². The number of hydrogen-bond acceptors (Lipinski definition) is 3. The molecule has 1 fully saturated rings. The van der Waals surface area contributed by atoms with Crippen LogP contribution in [0.25, 0.3) is 0 Å². The number of methoxy groups -OCH3 is 1. The number of carbonyl (C=O) groups excluding carboxylic acids is 1. The molecular formula is C18H25F3N2O2. The standard InChI is InChI=1S/C18H25F3N2O2/c1-17(2)12-16(24)22-23(17)15(18(19,20)21)7-5-4-6-13-8-10-14(25-3)11-9-13/h8-11,15H,4-7,12H2,1-3H3,(H,22,24). The van der Waals surface area contributed by atoms with E-state index in [1.54, 1.807) is 21.0 Å². The number of nitrogens with zero attached hydrogens (tertiary/aromatic N) is 1. The van der Waals surface area contributed by atoms with Gasteiger partial charge in [0.15, 0.2) is 0 Å². The first-order chi connectivity index (χ1) is 11.6. The number of carbonyl (C=O) groups is 1. The van der Waals surface area contributed by atoms with Crippen molar-refractivity contribution in [1.82, 2.24) is 10.4 Å². The molecule has 0 saturated carbocycles. The van der Waals surface area contributed by atoms with Gasteiger partial charge in [0, 0.05) is 12.0 Å². The summed E-state index contributed by atoms with van der Waals surface area (Å²) in [5, 5.41) is 1.09. The molecule has 25 heavy (non-hydrogen) atoms. The quantitative estimate of drug-likeness (QED) is 0.753. The Kier molecular flexibility index (Phi) is 5.98. The van der Waals surface area contributed by atoms with E-state index in [9.17, 15) is 18.0 Å². The zero-order chi connectivity index (χ0) is 18.7. The van der Waals surface area contributed by atoms with Crippen molar-refractivity contribution in [1.29, 1.82) is 0 Å². The maximum atomic E-state index is 13.5. The van der Waals surface area contributed by atoms with Crippen molar-refractivity contribution < 1.29 is 22.7 Å². The van der Waals surface area contributed by atoms with Gasteiger partial charge in [-0.25, -0.2) is 5.01 Å². The summed E-state index contributed by atoms with van der Waals surface area (Å²) < 4.78 is 45.5. The molecule has 1 N–H and O–H groups in total. The van der Waals surface area contributed by atoms with E-state index in [-0.39, 0.29) is 18.7 Å². The third kappa shape index (κ3) is 5.11. The molecule has 0 aliphatic carbocycles. The van der Waals surface area contributed by atoms with Crippen LogP contribution in [0.15, 0.2) is 24.3 Å². The highest BCUT2D eigenvalue weighted by Crippen LogP contribution is 2.35. The largest absolute Gasteiger partial charge is 0.497 e. The Morgan fingerprint density at radius 2 is 1.88 bits per heavy atom. The molecule has 1 amide bonds. The number of aryl methyl sites for hydroxylation is 1. The zero-order valence-corrected chi connectivity index (χ0v) is 14.8. The molecule has 1 aromatic carbocycles. The van der Waals surface area contributed by atoms with Gasteiger partial charge >= 0.3 is 6.18 Å². The van der Waals surface area contributed by atoms with Gasteiger partial charge < -0.3 is 4.74 Å². The molecule has 1 atom stereocenters. The van der Waals surface area contributed by atoms with Crippen molar-refractivity contribution in [3.63, 3.8) is 0 Å². The topological polar surface area (TPSA) is 41.6 Å². The van der Waals surface area contributed by atoms with Gasteiger partial charge in [0.25, 0.3) is 0 Å². The third-order valence-corrected chi connectivity index (χ3v) is 4.53. The molecule has 1 aliphatic rings. The highest BCUT2D eigenvalue weighted by Gasteiger charge is 2.51. The van der Waals surface area contributed by atoms with Crippen LogP contribution in [0.2, 0.25) is 0 Å². The number of nitrogens with one attached hydrogen (secondary N) is 1. The maximum Gasteiger partial charge on any atom is 0.405 e. The average molecular weight is 358 g/mol. The number of hydrogen-bond donors (Lipinski definition) is 1. The monoisotopic (exact) mass is 358 g/mol. The Hall–Kier alpha value is -1.76. The van der Waals surface area contributed by atoms with Crippen molar-refractivity contribution in [2.24, 2.45) is 0 Å². The summed E-state index contributed by atoms with van der Waals surface area (Å²) in [5.74, 6) is 0.394. The molecule has 7 heteroatoms. The molecule has 1 saturated heterocycles. The number of ether oxygens (including phenoxy) is 1. The number of hydrazine groups is 1. The summed E-state index contributed by atoms with van der Waals surface area (Å²) in [4.78, 5) is 11.5. The summed E-state index contributed by atoms with van der Waals surface area (Å²) in [7, 11) is 1.59. The van der Waals surface area contributed by atoms with Gasteiger partial charge in [0.05, 0.1) is 7.11 Å². The minimum atomic E-state index is -4.38. The molecule has 0 bridgehead atoms. The molecule has 1 heterocycles. The minimum absolute atomic E-state index is 0.0383. The summed E-state index contributed by atoms with van der Waals surface area (Å²) in [6.45, 7) is 3.31. The lowest BCUT2D eigenvalue weighted by Crippen LogP contribution is -2.56. The Bertz CT molecular complexity index is 585. The lowest BCUT2D eigenvalue weighted by atomic mass is 9.97. The van der Waals surface area contributed by atoms with Crippen molar-refractivity contribution in [3.8, 4) is 5.75 Å². The second-order valence-electron chi connectivity index (χ2n) is 7.05. The lowest BCUT2D eigenvalue weighted by molar-refractivity contribution is -0.202. The van der Waals surface area contributed by atoms with Crippen molar-refractivity contribution in [2.75, 3.05) is 7.11 Å². The fraction of sp³-hybridized carbons (Fsp3) is 0.611. The smallest absolute Gasteiger partial charge is 0.405 e. The number of alkyl halides is 3. The van der Waals surface area contributed by atoms with Crippen molar-refractivity contribution in [2.45, 2.75) is 63.7 Å². The summed E-state index contributed by atoms with van der Waals surface area (Å²) in [6.07, 6.45) is -2.55. The summed E-state index contributed by atoms with van der Waals surface area (Å²) in [5.41, 5.74) is 2.61. The fourth-order valence-corrected chi connectivity index (χ4v) is 3.20. The number of amides is 1. The third-order valence-electron chi connectivity index (χ3n) is 4.53. The van der Waals surface area contributed by atoms with Crippen LogP contribution in [-0.2, 0) is 11.2 Å². The molecule has 0 aromatic heterocycles. The van der Waals surface area contributed by atoms with Crippen LogP contribution in [0.5, 0.6) is 5.75 Å². The summed E-state index contributed by atoms with van der Waals surface area (Å²) in [6, 6.07) is 5.87. The molecule has 2 rings (SSSR count). The summed E-state index contributed by atoms with van der Waals surface area (Å²) >= 11 is 0. The van der Waals surface area contributed by atoms with Gasteiger partial charge in [-0.15, -0.1) is 0 Å². The lowest BCUT2D eigenvalue weighted by Gasteiger charge is -2.37. The Balaban J connectivity index is 1.91. The van der Waals surface area contributed by atoms with Gasteiger partial charge in [-0.3, -0.25) is 10.2 Å². The highest BCUT2D eigenvalue weighted by molar-refractivity contribution is 5.78. The van der Waals surface area contributed by atoms with E-state index in [1.807, 2.05) is 24.3 Å². The molecule has 1 unspecified atom stereocenters. The van der Waals surface area contributed by atoms with Gasteiger partial charge in [-0.1, -0.05) is 18.6 Å². The SMILES string of the molecule is COc1ccc(CCCCC(N2NC(=O)CC2(C)C)C(F)(F)F)cc1. The number of unbranched alkanes of at least 4 members (excludes halogenated alkanes) is 1. The molecule has 1 aliphatic heterocycles. The predicted octanol–water partition coefficient (Wildman–Crippen LogP) is 3.85. The van der Waals surface area contributed by atoms with Crippen LogP contribution in [0.1, 0.15) is 45.1 Å². The van der Waals surface area contributed by atoms with Crippen LogP contribution in [0.3, 0.4) is 0 Å². The Morgan fingerprint density at radius 3 is 2.36 bits per heavy atom. The number of rotatable bonds is 7. The maximum absolute atomic E-state index is 13.5. The highest BCUT2D eigenvalue weighted by atomic mass is 19.4. The van der Waals surface area contributed by atoms with E-state index in [4.69, 9.17) is 4.74 Å². The van der Waals surface area contributed by atoms with Gasteiger partial charge in [-0.2, -0.15) is 13.2 Å². The molecule has 1 aromatic rings. The van der Waals surface area contributed by atoms with Crippen molar-refractivity contribution in [3.05, 3.63) is 29.8 Å².